The molecule has 116 valence electrons. The molecule has 4 unspecified atom stereocenters. The monoisotopic (exact) mass is 280 g/mol. The maximum Gasteiger partial charge on any atom is 0.225 e. The third kappa shape index (κ3) is 3.75. The Bertz CT molecular complexity index is 329. The van der Waals surface area contributed by atoms with E-state index >= 15 is 0 Å². The minimum Gasteiger partial charge on any atom is -0.342 e. The van der Waals surface area contributed by atoms with Gasteiger partial charge in [-0.15, -0.1) is 0 Å². The van der Waals surface area contributed by atoms with Gasteiger partial charge in [-0.05, 0) is 56.3 Å². The summed E-state index contributed by atoms with van der Waals surface area (Å²) >= 11 is 0. The van der Waals surface area contributed by atoms with Gasteiger partial charge in [-0.1, -0.05) is 20.8 Å². The van der Waals surface area contributed by atoms with Crippen molar-refractivity contribution < 1.29 is 4.79 Å². The largest absolute Gasteiger partial charge is 0.342 e. The van der Waals surface area contributed by atoms with Gasteiger partial charge in [0.1, 0.15) is 0 Å². The molecule has 2 fully saturated rings. The van der Waals surface area contributed by atoms with Crippen LogP contribution >= 0.6 is 0 Å². The summed E-state index contributed by atoms with van der Waals surface area (Å²) in [5, 5.41) is 0. The van der Waals surface area contributed by atoms with Gasteiger partial charge in [-0.3, -0.25) is 4.79 Å². The van der Waals surface area contributed by atoms with Crippen molar-refractivity contribution in [3.05, 3.63) is 0 Å². The van der Waals surface area contributed by atoms with Crippen LogP contribution in [0.3, 0.4) is 0 Å². The lowest BCUT2D eigenvalue weighted by Crippen LogP contribution is -2.43. The smallest absolute Gasteiger partial charge is 0.225 e. The predicted octanol–water partition coefficient (Wildman–Crippen LogP) is 3.03. The standard InChI is InChI=1S/C17H32N2O/c1-12(2)14-5-4-9-19(10-8-14)17(20)16-7-6-15(18)11-13(16)3/h12-16H,4-11,18H2,1-3H3. The van der Waals surface area contributed by atoms with E-state index in [0.29, 0.717) is 17.9 Å². The zero-order valence-electron chi connectivity index (χ0n) is 13.5. The fraction of sp³-hybridized carbons (Fsp3) is 0.941. The van der Waals surface area contributed by atoms with Crippen LogP contribution in [0.1, 0.15) is 59.3 Å². The van der Waals surface area contributed by atoms with E-state index in [9.17, 15) is 4.79 Å². The molecule has 0 aromatic carbocycles. The van der Waals surface area contributed by atoms with Crippen molar-refractivity contribution in [2.75, 3.05) is 13.1 Å². The van der Waals surface area contributed by atoms with Gasteiger partial charge in [0.05, 0.1) is 0 Å². The zero-order valence-corrected chi connectivity index (χ0v) is 13.5. The summed E-state index contributed by atoms with van der Waals surface area (Å²) < 4.78 is 0. The molecule has 20 heavy (non-hydrogen) atoms. The van der Waals surface area contributed by atoms with Crippen LogP contribution in [0, 0.1) is 23.7 Å². The second-order valence-electron chi connectivity index (χ2n) is 7.42. The lowest BCUT2D eigenvalue weighted by molar-refractivity contribution is -0.138. The molecule has 0 spiro atoms. The number of likely N-dealkylation sites (tertiary alicyclic amines) is 1. The van der Waals surface area contributed by atoms with Gasteiger partial charge in [-0.25, -0.2) is 0 Å². The number of carbonyl (C=O) groups excluding carboxylic acids is 1. The quantitative estimate of drug-likeness (QED) is 0.845. The Hall–Kier alpha value is -0.570. The Morgan fingerprint density at radius 2 is 1.90 bits per heavy atom. The summed E-state index contributed by atoms with van der Waals surface area (Å²) in [6.45, 7) is 8.77. The van der Waals surface area contributed by atoms with Crippen LogP contribution in [-0.2, 0) is 4.79 Å². The molecular formula is C17H32N2O. The van der Waals surface area contributed by atoms with Crippen LogP contribution in [0.15, 0.2) is 0 Å². The average Bonchev–Trinajstić information content (AvgIpc) is 2.63. The van der Waals surface area contributed by atoms with E-state index in [-0.39, 0.29) is 5.92 Å². The van der Waals surface area contributed by atoms with Gasteiger partial charge in [0.15, 0.2) is 0 Å². The number of rotatable bonds is 2. The molecule has 2 rings (SSSR count). The van der Waals surface area contributed by atoms with Gasteiger partial charge in [-0.2, -0.15) is 0 Å². The fourth-order valence-electron chi connectivity index (χ4n) is 4.05. The van der Waals surface area contributed by atoms with E-state index in [1.807, 2.05) is 0 Å². The number of hydrogen-bond donors (Lipinski definition) is 1. The molecule has 3 heteroatoms. The molecule has 1 heterocycles. The number of hydrogen-bond acceptors (Lipinski definition) is 2. The highest BCUT2D eigenvalue weighted by atomic mass is 16.2. The van der Waals surface area contributed by atoms with Gasteiger partial charge in [0, 0.05) is 25.0 Å². The first kappa shape index (κ1) is 15.8. The Morgan fingerprint density at radius 1 is 1.15 bits per heavy atom. The summed E-state index contributed by atoms with van der Waals surface area (Å²) in [5.41, 5.74) is 6.02. The summed E-state index contributed by atoms with van der Waals surface area (Å²) in [6.07, 6.45) is 6.67. The second kappa shape index (κ2) is 6.93. The third-order valence-corrected chi connectivity index (χ3v) is 5.55. The highest BCUT2D eigenvalue weighted by molar-refractivity contribution is 5.79. The van der Waals surface area contributed by atoms with Crippen molar-refractivity contribution in [2.45, 2.75) is 65.3 Å². The van der Waals surface area contributed by atoms with Crippen LogP contribution in [0.5, 0.6) is 0 Å². The third-order valence-electron chi connectivity index (χ3n) is 5.55. The van der Waals surface area contributed by atoms with E-state index in [1.165, 1.54) is 19.3 Å². The summed E-state index contributed by atoms with van der Waals surface area (Å²) in [5.74, 6) is 2.64. The summed E-state index contributed by atoms with van der Waals surface area (Å²) in [6, 6.07) is 0.309. The number of nitrogens with zero attached hydrogens (tertiary/aromatic N) is 1. The molecule has 1 aliphatic carbocycles. The minimum atomic E-state index is 0.227. The van der Waals surface area contributed by atoms with E-state index in [2.05, 4.69) is 25.7 Å². The molecule has 0 aromatic rings. The molecule has 0 radical (unpaired) electrons. The van der Waals surface area contributed by atoms with Crippen LogP contribution in [-0.4, -0.2) is 29.9 Å². The fourth-order valence-corrected chi connectivity index (χ4v) is 4.05. The average molecular weight is 280 g/mol. The molecule has 4 atom stereocenters. The molecule has 0 aromatic heterocycles. The molecule has 3 nitrogen and oxygen atoms in total. The topological polar surface area (TPSA) is 46.3 Å². The van der Waals surface area contributed by atoms with E-state index in [4.69, 9.17) is 5.73 Å². The Morgan fingerprint density at radius 3 is 2.55 bits per heavy atom. The second-order valence-corrected chi connectivity index (χ2v) is 7.42. The van der Waals surface area contributed by atoms with Crippen molar-refractivity contribution in [2.24, 2.45) is 29.4 Å². The van der Waals surface area contributed by atoms with Crippen LogP contribution in [0.25, 0.3) is 0 Å². The van der Waals surface area contributed by atoms with Crippen molar-refractivity contribution in [1.82, 2.24) is 4.90 Å². The summed E-state index contributed by atoms with van der Waals surface area (Å²) in [7, 11) is 0. The molecule has 2 aliphatic rings. The van der Waals surface area contributed by atoms with Crippen molar-refractivity contribution >= 4 is 5.91 Å². The van der Waals surface area contributed by atoms with E-state index in [1.54, 1.807) is 0 Å². The normalized spacial score (nSPS) is 36.0. The van der Waals surface area contributed by atoms with Crippen molar-refractivity contribution in [3.63, 3.8) is 0 Å². The Labute approximate surface area is 124 Å². The molecule has 1 amide bonds. The van der Waals surface area contributed by atoms with Gasteiger partial charge in [0.2, 0.25) is 5.91 Å². The first-order valence-corrected chi connectivity index (χ1v) is 8.53. The highest BCUT2D eigenvalue weighted by Crippen LogP contribution is 2.32. The Balaban J connectivity index is 1.92. The number of nitrogens with two attached hydrogens (primary N) is 1. The predicted molar refractivity (Wildman–Crippen MR) is 83.2 cm³/mol. The lowest BCUT2D eigenvalue weighted by Gasteiger charge is -2.35. The van der Waals surface area contributed by atoms with Gasteiger partial charge in [0.25, 0.3) is 0 Å². The summed E-state index contributed by atoms with van der Waals surface area (Å²) in [4.78, 5) is 14.9. The zero-order chi connectivity index (χ0) is 14.7. The SMILES string of the molecule is CC(C)C1CCCN(C(=O)C2CCC(N)CC2C)CC1. The van der Waals surface area contributed by atoms with E-state index in [0.717, 1.165) is 44.2 Å². The van der Waals surface area contributed by atoms with E-state index < -0.39 is 0 Å². The van der Waals surface area contributed by atoms with Gasteiger partial charge >= 0.3 is 0 Å². The minimum absolute atomic E-state index is 0.227. The molecule has 1 aliphatic heterocycles. The van der Waals surface area contributed by atoms with Crippen molar-refractivity contribution in [3.8, 4) is 0 Å². The van der Waals surface area contributed by atoms with Crippen LogP contribution < -0.4 is 5.73 Å². The van der Waals surface area contributed by atoms with Crippen molar-refractivity contribution in [1.29, 1.82) is 0 Å². The number of carbonyl (C=O) groups is 1. The first-order chi connectivity index (χ1) is 9.49. The van der Waals surface area contributed by atoms with Gasteiger partial charge < -0.3 is 10.6 Å². The molecule has 2 N–H and O–H groups in total. The first-order valence-electron chi connectivity index (χ1n) is 8.53. The maximum absolute atomic E-state index is 12.8. The molecule has 1 saturated heterocycles. The maximum atomic E-state index is 12.8. The molecular weight excluding hydrogens is 248 g/mol. The number of amides is 1. The molecule has 0 bridgehead atoms. The van der Waals surface area contributed by atoms with Crippen LogP contribution in [0.2, 0.25) is 0 Å². The highest BCUT2D eigenvalue weighted by Gasteiger charge is 2.34. The molecule has 1 saturated carbocycles. The van der Waals surface area contributed by atoms with Crippen LogP contribution in [0.4, 0.5) is 0 Å². The Kier molecular flexibility index (Phi) is 5.48. The lowest BCUT2D eigenvalue weighted by atomic mass is 9.77.